The lowest BCUT2D eigenvalue weighted by Gasteiger charge is -2.30. The van der Waals surface area contributed by atoms with E-state index in [-0.39, 0.29) is 5.91 Å². The van der Waals surface area contributed by atoms with Crippen LogP contribution in [-0.4, -0.2) is 19.0 Å². The Bertz CT molecular complexity index is 710. The molecule has 1 heterocycles. The Morgan fingerprint density at radius 2 is 1.74 bits per heavy atom. The Morgan fingerprint density at radius 1 is 1.00 bits per heavy atom. The third-order valence-electron chi connectivity index (χ3n) is 3.77. The van der Waals surface area contributed by atoms with Gasteiger partial charge in [0.2, 0.25) is 0 Å². The maximum atomic E-state index is 12.8. The molecule has 2 aromatic carbocycles. The number of rotatable bonds is 5. The van der Waals surface area contributed by atoms with Crippen LogP contribution in [-0.2, 0) is 4.79 Å². The fourth-order valence-electron chi connectivity index (χ4n) is 2.60. The molecule has 0 atom stereocenters. The average Bonchev–Trinajstić information content (AvgIpc) is 2.59. The van der Waals surface area contributed by atoms with Crippen LogP contribution < -0.4 is 15.4 Å². The highest BCUT2D eigenvalue weighted by Crippen LogP contribution is 2.35. The lowest BCUT2D eigenvalue weighted by atomic mass is 10.1. The van der Waals surface area contributed by atoms with E-state index < -0.39 is 0 Å². The molecule has 0 unspecified atom stereocenters. The molecule has 4 nitrogen and oxygen atoms in total. The van der Waals surface area contributed by atoms with Gasteiger partial charge in [0.25, 0.3) is 5.91 Å². The van der Waals surface area contributed by atoms with Crippen molar-refractivity contribution in [3.63, 3.8) is 0 Å². The molecule has 2 aromatic rings. The summed E-state index contributed by atoms with van der Waals surface area (Å²) in [6.45, 7) is 1.27. The van der Waals surface area contributed by atoms with Crippen LogP contribution in [0.15, 0.2) is 60.4 Å². The second-order valence-corrected chi connectivity index (χ2v) is 5.44. The zero-order chi connectivity index (χ0) is 16.1. The van der Waals surface area contributed by atoms with Crippen molar-refractivity contribution < 1.29 is 9.53 Å². The number of fused-ring (bicyclic) bond motifs is 1. The summed E-state index contributed by atoms with van der Waals surface area (Å²) in [7, 11) is 0. The quantitative estimate of drug-likeness (QED) is 0.682. The van der Waals surface area contributed by atoms with E-state index in [1.54, 1.807) is 11.0 Å². The highest BCUT2D eigenvalue weighted by molar-refractivity contribution is 6.09. The average molecular weight is 308 g/mol. The summed E-state index contributed by atoms with van der Waals surface area (Å²) >= 11 is 0. The first-order valence-electron chi connectivity index (χ1n) is 7.85. The highest BCUT2D eigenvalue weighted by Gasteiger charge is 2.29. The summed E-state index contributed by atoms with van der Waals surface area (Å²) < 4.78 is 5.83. The van der Waals surface area contributed by atoms with Crippen molar-refractivity contribution in [2.45, 2.75) is 12.8 Å². The van der Waals surface area contributed by atoms with Gasteiger partial charge < -0.3 is 15.4 Å². The SMILES string of the molecule is NCCCCN1C(=O)/C(=C\c2ccccc2)Oc2ccccc21. The first kappa shape index (κ1) is 15.3. The number of carbonyl (C=O) groups is 1. The van der Waals surface area contributed by atoms with E-state index in [9.17, 15) is 4.79 Å². The van der Waals surface area contributed by atoms with E-state index in [1.807, 2.05) is 54.6 Å². The second kappa shape index (κ2) is 7.11. The smallest absolute Gasteiger partial charge is 0.294 e. The van der Waals surface area contributed by atoms with Crippen molar-refractivity contribution in [1.29, 1.82) is 0 Å². The summed E-state index contributed by atoms with van der Waals surface area (Å²) in [6, 6.07) is 17.3. The number of nitrogens with zero attached hydrogens (tertiary/aromatic N) is 1. The molecule has 0 aromatic heterocycles. The normalized spacial score (nSPS) is 15.4. The summed E-state index contributed by atoms with van der Waals surface area (Å²) in [6.07, 6.45) is 3.55. The molecular weight excluding hydrogens is 288 g/mol. The second-order valence-electron chi connectivity index (χ2n) is 5.44. The van der Waals surface area contributed by atoms with Crippen LogP contribution in [0.3, 0.4) is 0 Å². The number of unbranched alkanes of at least 4 members (excludes halogenated alkanes) is 1. The van der Waals surface area contributed by atoms with Crippen molar-refractivity contribution in [1.82, 2.24) is 0 Å². The standard InChI is InChI=1S/C19H20N2O2/c20-12-6-7-13-21-16-10-4-5-11-17(16)23-18(19(21)22)14-15-8-2-1-3-9-15/h1-5,8-11,14H,6-7,12-13,20H2/b18-14+. The van der Waals surface area contributed by atoms with Crippen molar-refractivity contribution in [2.75, 3.05) is 18.0 Å². The molecule has 0 bridgehead atoms. The topological polar surface area (TPSA) is 55.6 Å². The maximum absolute atomic E-state index is 12.8. The van der Waals surface area contributed by atoms with E-state index in [1.165, 1.54) is 0 Å². The van der Waals surface area contributed by atoms with E-state index >= 15 is 0 Å². The third kappa shape index (κ3) is 3.43. The Labute approximate surface area is 136 Å². The molecule has 1 aliphatic heterocycles. The number of nitrogens with two attached hydrogens (primary N) is 1. The molecule has 0 fully saturated rings. The molecule has 3 rings (SSSR count). The van der Waals surface area contributed by atoms with Crippen LogP contribution in [0.4, 0.5) is 5.69 Å². The molecule has 4 heteroatoms. The summed E-state index contributed by atoms with van der Waals surface area (Å²) in [4.78, 5) is 14.6. The molecule has 0 saturated heterocycles. The largest absolute Gasteiger partial charge is 0.449 e. The third-order valence-corrected chi connectivity index (χ3v) is 3.77. The molecule has 0 spiro atoms. The lowest BCUT2D eigenvalue weighted by molar-refractivity contribution is -0.117. The van der Waals surface area contributed by atoms with Crippen molar-refractivity contribution in [3.8, 4) is 5.75 Å². The molecule has 0 saturated carbocycles. The van der Waals surface area contributed by atoms with Crippen LogP contribution in [0.2, 0.25) is 0 Å². The number of benzene rings is 2. The lowest BCUT2D eigenvalue weighted by Crippen LogP contribution is -2.38. The Morgan fingerprint density at radius 3 is 2.52 bits per heavy atom. The number of ether oxygens (including phenoxy) is 1. The molecule has 0 aliphatic carbocycles. The summed E-state index contributed by atoms with van der Waals surface area (Å²) in [5.41, 5.74) is 7.32. The predicted molar refractivity (Wildman–Crippen MR) is 92.1 cm³/mol. The van der Waals surface area contributed by atoms with E-state index in [2.05, 4.69) is 0 Å². The summed E-state index contributed by atoms with van der Waals surface area (Å²) in [5, 5.41) is 0. The molecule has 1 amide bonds. The molecule has 0 radical (unpaired) electrons. The van der Waals surface area contributed by atoms with Crippen LogP contribution in [0.5, 0.6) is 5.75 Å². The Balaban J connectivity index is 1.92. The minimum absolute atomic E-state index is 0.107. The fourth-order valence-corrected chi connectivity index (χ4v) is 2.60. The predicted octanol–water partition coefficient (Wildman–Crippen LogP) is 3.19. The Hall–Kier alpha value is -2.59. The number of amides is 1. The van der Waals surface area contributed by atoms with Gasteiger partial charge in [0.1, 0.15) is 0 Å². The zero-order valence-electron chi connectivity index (χ0n) is 12.9. The van der Waals surface area contributed by atoms with E-state index in [0.29, 0.717) is 24.6 Å². The minimum Gasteiger partial charge on any atom is -0.449 e. The number of hydrogen-bond acceptors (Lipinski definition) is 3. The van der Waals surface area contributed by atoms with Gasteiger partial charge in [-0.3, -0.25) is 4.79 Å². The van der Waals surface area contributed by atoms with E-state index in [0.717, 1.165) is 24.1 Å². The van der Waals surface area contributed by atoms with Gasteiger partial charge in [0, 0.05) is 6.54 Å². The molecular formula is C19H20N2O2. The van der Waals surface area contributed by atoms with Gasteiger partial charge in [0.05, 0.1) is 5.69 Å². The first-order valence-corrected chi connectivity index (χ1v) is 7.85. The number of anilines is 1. The van der Waals surface area contributed by atoms with Crippen molar-refractivity contribution in [3.05, 3.63) is 65.9 Å². The van der Waals surface area contributed by atoms with Crippen LogP contribution >= 0.6 is 0 Å². The highest BCUT2D eigenvalue weighted by atomic mass is 16.5. The molecule has 23 heavy (non-hydrogen) atoms. The van der Waals surface area contributed by atoms with Gasteiger partial charge in [0.15, 0.2) is 11.5 Å². The number of carbonyl (C=O) groups excluding carboxylic acids is 1. The molecule has 1 aliphatic rings. The first-order chi connectivity index (χ1) is 11.3. The zero-order valence-corrected chi connectivity index (χ0v) is 12.9. The van der Waals surface area contributed by atoms with Gasteiger partial charge in [-0.05, 0) is 43.2 Å². The monoisotopic (exact) mass is 308 g/mol. The molecule has 2 N–H and O–H groups in total. The maximum Gasteiger partial charge on any atom is 0.294 e. The van der Waals surface area contributed by atoms with E-state index in [4.69, 9.17) is 10.5 Å². The minimum atomic E-state index is -0.107. The number of para-hydroxylation sites is 2. The van der Waals surface area contributed by atoms with Gasteiger partial charge in [-0.2, -0.15) is 0 Å². The fraction of sp³-hybridized carbons (Fsp3) is 0.211. The van der Waals surface area contributed by atoms with Crippen LogP contribution in [0.1, 0.15) is 18.4 Å². The van der Waals surface area contributed by atoms with Gasteiger partial charge in [-0.1, -0.05) is 42.5 Å². The summed E-state index contributed by atoms with van der Waals surface area (Å²) in [5.74, 6) is 0.953. The van der Waals surface area contributed by atoms with Crippen molar-refractivity contribution in [2.24, 2.45) is 5.73 Å². The molecule has 118 valence electrons. The van der Waals surface area contributed by atoms with Crippen LogP contribution in [0.25, 0.3) is 6.08 Å². The van der Waals surface area contributed by atoms with Gasteiger partial charge in [-0.15, -0.1) is 0 Å². The van der Waals surface area contributed by atoms with Gasteiger partial charge >= 0.3 is 0 Å². The Kier molecular flexibility index (Phi) is 4.74. The van der Waals surface area contributed by atoms with Crippen LogP contribution in [0, 0.1) is 0 Å². The number of hydrogen-bond donors (Lipinski definition) is 1. The van der Waals surface area contributed by atoms with Gasteiger partial charge in [-0.25, -0.2) is 0 Å². The van der Waals surface area contributed by atoms with Crippen molar-refractivity contribution >= 4 is 17.7 Å².